The second-order valence-corrected chi connectivity index (χ2v) is 4.13. The molecule has 0 amide bonds. The summed E-state index contributed by atoms with van der Waals surface area (Å²) in [5.74, 6) is -1.58. The van der Waals surface area contributed by atoms with Gasteiger partial charge in [0.15, 0.2) is 17.6 Å². The molecule has 1 aromatic carbocycles. The van der Waals surface area contributed by atoms with Gasteiger partial charge in [0, 0.05) is 11.6 Å². The standard InChI is InChI=1S/C15H18O6/c1-3-11(15(18)19)21-14-10(8-9-13(16)17)6-5-7-12(14)20-4-2/h5-9,11H,3-4H2,1-2H3,(H,16,17)(H,18,19). The van der Waals surface area contributed by atoms with Gasteiger partial charge in [0.25, 0.3) is 0 Å². The Hall–Kier alpha value is -2.50. The molecule has 0 aromatic heterocycles. The molecule has 0 radical (unpaired) electrons. The maximum atomic E-state index is 11.1. The van der Waals surface area contributed by atoms with Crippen molar-refractivity contribution in [1.29, 1.82) is 0 Å². The van der Waals surface area contributed by atoms with Gasteiger partial charge in [-0.05, 0) is 25.5 Å². The highest BCUT2D eigenvalue weighted by Crippen LogP contribution is 2.33. The van der Waals surface area contributed by atoms with Gasteiger partial charge >= 0.3 is 11.9 Å². The molecule has 6 heteroatoms. The van der Waals surface area contributed by atoms with Gasteiger partial charge in [0.2, 0.25) is 0 Å². The average molecular weight is 294 g/mol. The summed E-state index contributed by atoms with van der Waals surface area (Å²) in [5, 5.41) is 17.8. The van der Waals surface area contributed by atoms with Gasteiger partial charge in [-0.25, -0.2) is 9.59 Å². The summed E-state index contributed by atoms with van der Waals surface area (Å²) < 4.78 is 10.9. The number of carboxylic acid groups (broad SMARTS) is 2. The van der Waals surface area contributed by atoms with Crippen LogP contribution in [0.4, 0.5) is 0 Å². The minimum atomic E-state index is -1.10. The monoisotopic (exact) mass is 294 g/mol. The molecule has 0 saturated heterocycles. The number of hydrogen-bond acceptors (Lipinski definition) is 4. The SMILES string of the molecule is CCOc1cccc(C=CC(=O)O)c1OC(CC)C(=O)O. The van der Waals surface area contributed by atoms with Gasteiger partial charge in [0.1, 0.15) is 0 Å². The molecule has 1 atom stereocenters. The maximum Gasteiger partial charge on any atom is 0.344 e. The van der Waals surface area contributed by atoms with Crippen molar-refractivity contribution in [3.05, 3.63) is 29.8 Å². The molecular weight excluding hydrogens is 276 g/mol. The third-order valence-corrected chi connectivity index (χ3v) is 2.62. The van der Waals surface area contributed by atoms with Gasteiger partial charge in [-0.3, -0.25) is 0 Å². The van der Waals surface area contributed by atoms with Gasteiger partial charge in [-0.15, -0.1) is 0 Å². The van der Waals surface area contributed by atoms with Crippen LogP contribution in [0.1, 0.15) is 25.8 Å². The highest BCUT2D eigenvalue weighted by atomic mass is 16.5. The van der Waals surface area contributed by atoms with E-state index in [1.165, 1.54) is 6.08 Å². The first kappa shape index (κ1) is 16.6. The fourth-order valence-electron chi connectivity index (χ4n) is 1.67. The lowest BCUT2D eigenvalue weighted by Crippen LogP contribution is -2.26. The zero-order valence-corrected chi connectivity index (χ0v) is 11.9. The van der Waals surface area contributed by atoms with E-state index in [4.69, 9.17) is 19.7 Å². The second-order valence-electron chi connectivity index (χ2n) is 4.13. The Balaban J connectivity index is 3.21. The molecule has 1 rings (SSSR count). The molecule has 6 nitrogen and oxygen atoms in total. The number of para-hydroxylation sites is 1. The topological polar surface area (TPSA) is 93.1 Å². The minimum Gasteiger partial charge on any atom is -0.490 e. The smallest absolute Gasteiger partial charge is 0.344 e. The number of aliphatic carboxylic acids is 2. The van der Waals surface area contributed by atoms with Gasteiger partial charge in [-0.2, -0.15) is 0 Å². The van der Waals surface area contributed by atoms with E-state index in [1.807, 2.05) is 0 Å². The normalized spacial score (nSPS) is 12.1. The van der Waals surface area contributed by atoms with Crippen molar-refractivity contribution in [3.63, 3.8) is 0 Å². The van der Waals surface area contributed by atoms with Crippen LogP contribution in [-0.4, -0.2) is 34.9 Å². The van der Waals surface area contributed by atoms with E-state index in [1.54, 1.807) is 32.0 Å². The van der Waals surface area contributed by atoms with Crippen LogP contribution in [-0.2, 0) is 9.59 Å². The van der Waals surface area contributed by atoms with E-state index in [0.29, 0.717) is 17.9 Å². The lowest BCUT2D eigenvalue weighted by molar-refractivity contribution is -0.145. The summed E-state index contributed by atoms with van der Waals surface area (Å²) in [6.07, 6.45) is 1.55. The van der Waals surface area contributed by atoms with Gasteiger partial charge < -0.3 is 19.7 Å². The molecule has 0 aliphatic rings. The Morgan fingerprint density at radius 1 is 1.29 bits per heavy atom. The van der Waals surface area contributed by atoms with E-state index in [2.05, 4.69) is 0 Å². The van der Waals surface area contributed by atoms with Crippen LogP contribution in [0.5, 0.6) is 11.5 Å². The van der Waals surface area contributed by atoms with E-state index in [9.17, 15) is 9.59 Å². The molecule has 1 aromatic rings. The molecule has 0 bridgehead atoms. The van der Waals surface area contributed by atoms with Crippen molar-refractivity contribution >= 4 is 18.0 Å². The zero-order chi connectivity index (χ0) is 15.8. The van der Waals surface area contributed by atoms with E-state index in [0.717, 1.165) is 6.08 Å². The Morgan fingerprint density at radius 3 is 2.52 bits per heavy atom. The quantitative estimate of drug-likeness (QED) is 0.715. The highest BCUT2D eigenvalue weighted by molar-refractivity contribution is 5.86. The zero-order valence-electron chi connectivity index (χ0n) is 11.9. The Kier molecular flexibility index (Phi) is 6.26. The van der Waals surface area contributed by atoms with Crippen molar-refractivity contribution in [2.75, 3.05) is 6.61 Å². The van der Waals surface area contributed by atoms with Crippen molar-refractivity contribution in [2.24, 2.45) is 0 Å². The van der Waals surface area contributed by atoms with Crippen molar-refractivity contribution < 1.29 is 29.3 Å². The fraction of sp³-hybridized carbons (Fsp3) is 0.333. The van der Waals surface area contributed by atoms with E-state index >= 15 is 0 Å². The Bertz CT molecular complexity index is 535. The molecule has 0 fully saturated rings. The fourth-order valence-corrected chi connectivity index (χ4v) is 1.67. The second kappa shape index (κ2) is 7.94. The van der Waals surface area contributed by atoms with Crippen molar-refractivity contribution in [1.82, 2.24) is 0 Å². The summed E-state index contributed by atoms with van der Waals surface area (Å²) in [4.78, 5) is 21.7. The Labute approximate surface area is 122 Å². The van der Waals surface area contributed by atoms with Gasteiger partial charge in [-0.1, -0.05) is 19.1 Å². The maximum absolute atomic E-state index is 11.1. The number of carboxylic acids is 2. The number of rotatable bonds is 8. The molecule has 2 N–H and O–H groups in total. The first-order valence-electron chi connectivity index (χ1n) is 6.55. The van der Waals surface area contributed by atoms with Crippen LogP contribution >= 0.6 is 0 Å². The van der Waals surface area contributed by atoms with Crippen molar-refractivity contribution in [3.8, 4) is 11.5 Å². The van der Waals surface area contributed by atoms with Crippen LogP contribution in [0, 0.1) is 0 Å². The lowest BCUT2D eigenvalue weighted by Gasteiger charge is -2.18. The summed E-state index contributed by atoms with van der Waals surface area (Å²) in [6.45, 7) is 3.86. The Morgan fingerprint density at radius 2 is 2.00 bits per heavy atom. The minimum absolute atomic E-state index is 0.228. The number of benzene rings is 1. The van der Waals surface area contributed by atoms with Crippen LogP contribution in [0.2, 0.25) is 0 Å². The molecule has 114 valence electrons. The summed E-state index contributed by atoms with van der Waals surface area (Å²) in [7, 11) is 0. The third kappa shape index (κ3) is 4.83. The predicted octanol–water partition coefficient (Wildman–Crippen LogP) is 2.43. The summed E-state index contributed by atoms with van der Waals surface area (Å²) in [5.41, 5.74) is 0.447. The molecule has 0 spiro atoms. The third-order valence-electron chi connectivity index (χ3n) is 2.62. The molecule has 0 aliphatic carbocycles. The summed E-state index contributed by atoms with van der Waals surface area (Å²) >= 11 is 0. The molecule has 0 heterocycles. The van der Waals surface area contributed by atoms with Crippen molar-refractivity contribution in [2.45, 2.75) is 26.4 Å². The highest BCUT2D eigenvalue weighted by Gasteiger charge is 2.20. The summed E-state index contributed by atoms with van der Waals surface area (Å²) in [6, 6.07) is 4.96. The predicted molar refractivity (Wildman–Crippen MR) is 76.6 cm³/mol. The number of hydrogen-bond donors (Lipinski definition) is 2. The van der Waals surface area contributed by atoms with E-state index in [-0.39, 0.29) is 12.2 Å². The van der Waals surface area contributed by atoms with Crippen LogP contribution in [0.15, 0.2) is 24.3 Å². The van der Waals surface area contributed by atoms with Crippen LogP contribution in [0.25, 0.3) is 6.08 Å². The average Bonchev–Trinajstić information content (AvgIpc) is 2.43. The van der Waals surface area contributed by atoms with Crippen LogP contribution < -0.4 is 9.47 Å². The molecule has 1 unspecified atom stereocenters. The number of ether oxygens (including phenoxy) is 2. The first-order valence-corrected chi connectivity index (χ1v) is 6.55. The molecular formula is C15H18O6. The van der Waals surface area contributed by atoms with Gasteiger partial charge in [0.05, 0.1) is 6.61 Å². The molecule has 21 heavy (non-hydrogen) atoms. The van der Waals surface area contributed by atoms with E-state index < -0.39 is 18.0 Å². The largest absolute Gasteiger partial charge is 0.490 e. The number of carbonyl (C=O) groups is 2. The lowest BCUT2D eigenvalue weighted by atomic mass is 10.1. The molecule has 0 aliphatic heterocycles. The first-order chi connectivity index (χ1) is 9.99. The molecule has 0 saturated carbocycles. The van der Waals surface area contributed by atoms with Crippen LogP contribution in [0.3, 0.4) is 0 Å².